The van der Waals surface area contributed by atoms with E-state index < -0.39 is 0 Å². The Morgan fingerprint density at radius 3 is 2.42 bits per heavy atom. The largest absolute Gasteiger partial charge is 0.383 e. The molecule has 2 unspecified atom stereocenters. The SMILES string of the molecule is CCCC(C)CCC(Cl)COC. The first kappa shape index (κ1) is 12.2. The van der Waals surface area contributed by atoms with E-state index in [0.717, 1.165) is 12.3 Å². The highest BCUT2D eigenvalue weighted by Gasteiger charge is 2.06. The molecule has 0 bridgehead atoms. The van der Waals surface area contributed by atoms with Crippen LogP contribution in [0.15, 0.2) is 0 Å². The van der Waals surface area contributed by atoms with Crippen LogP contribution < -0.4 is 0 Å². The van der Waals surface area contributed by atoms with Gasteiger partial charge in [0.15, 0.2) is 0 Å². The van der Waals surface area contributed by atoms with Crippen LogP contribution in [0.4, 0.5) is 0 Å². The molecule has 2 heteroatoms. The second kappa shape index (κ2) is 7.88. The predicted molar refractivity (Wildman–Crippen MR) is 54.8 cm³/mol. The first-order chi connectivity index (χ1) is 5.70. The van der Waals surface area contributed by atoms with Gasteiger partial charge < -0.3 is 4.74 Å². The molecule has 0 aromatic carbocycles. The molecular formula is C10H21ClO. The number of rotatable bonds is 7. The van der Waals surface area contributed by atoms with Crippen LogP contribution in [0.2, 0.25) is 0 Å². The summed E-state index contributed by atoms with van der Waals surface area (Å²) in [6.45, 7) is 5.20. The first-order valence-electron chi connectivity index (χ1n) is 4.83. The van der Waals surface area contributed by atoms with Gasteiger partial charge in [-0.1, -0.05) is 26.7 Å². The van der Waals surface area contributed by atoms with Gasteiger partial charge in [-0.3, -0.25) is 0 Å². The number of hydrogen-bond acceptors (Lipinski definition) is 1. The van der Waals surface area contributed by atoms with Gasteiger partial charge in [0, 0.05) is 7.11 Å². The molecule has 0 fully saturated rings. The second-order valence-corrected chi connectivity index (χ2v) is 4.14. The van der Waals surface area contributed by atoms with Crippen LogP contribution in [0.25, 0.3) is 0 Å². The lowest BCUT2D eigenvalue weighted by atomic mass is 9.99. The van der Waals surface area contributed by atoms with Crippen LogP contribution in [0.1, 0.15) is 39.5 Å². The molecule has 0 amide bonds. The van der Waals surface area contributed by atoms with E-state index in [0.29, 0.717) is 6.61 Å². The van der Waals surface area contributed by atoms with Gasteiger partial charge in [-0.15, -0.1) is 11.6 Å². The van der Waals surface area contributed by atoms with E-state index in [2.05, 4.69) is 13.8 Å². The minimum absolute atomic E-state index is 0.203. The molecule has 0 rings (SSSR count). The fraction of sp³-hybridized carbons (Fsp3) is 1.00. The van der Waals surface area contributed by atoms with Crippen molar-refractivity contribution in [3.63, 3.8) is 0 Å². The van der Waals surface area contributed by atoms with E-state index in [1.807, 2.05) is 0 Å². The van der Waals surface area contributed by atoms with Crippen molar-refractivity contribution in [1.82, 2.24) is 0 Å². The smallest absolute Gasteiger partial charge is 0.0626 e. The molecule has 74 valence electrons. The van der Waals surface area contributed by atoms with Crippen molar-refractivity contribution >= 4 is 11.6 Å². The van der Waals surface area contributed by atoms with Crippen molar-refractivity contribution in [3.8, 4) is 0 Å². The van der Waals surface area contributed by atoms with Crippen molar-refractivity contribution < 1.29 is 4.74 Å². The third-order valence-corrected chi connectivity index (χ3v) is 2.45. The number of hydrogen-bond donors (Lipinski definition) is 0. The van der Waals surface area contributed by atoms with Crippen molar-refractivity contribution in [1.29, 1.82) is 0 Å². The van der Waals surface area contributed by atoms with E-state index in [1.165, 1.54) is 19.3 Å². The van der Waals surface area contributed by atoms with Crippen LogP contribution in [0.5, 0.6) is 0 Å². The summed E-state index contributed by atoms with van der Waals surface area (Å²) in [4.78, 5) is 0. The Hall–Kier alpha value is 0.250. The third kappa shape index (κ3) is 6.93. The fourth-order valence-electron chi connectivity index (χ4n) is 1.37. The van der Waals surface area contributed by atoms with Crippen LogP contribution >= 0.6 is 11.6 Å². The van der Waals surface area contributed by atoms with E-state index >= 15 is 0 Å². The highest BCUT2D eigenvalue weighted by Crippen LogP contribution is 2.16. The molecule has 0 radical (unpaired) electrons. The van der Waals surface area contributed by atoms with E-state index in [9.17, 15) is 0 Å². The normalized spacial score (nSPS) is 16.0. The Bertz CT molecular complexity index is 83.8. The summed E-state index contributed by atoms with van der Waals surface area (Å²) in [7, 11) is 1.70. The van der Waals surface area contributed by atoms with Gasteiger partial charge in [0.25, 0.3) is 0 Å². The lowest BCUT2D eigenvalue weighted by molar-refractivity contribution is 0.193. The fourth-order valence-corrected chi connectivity index (χ4v) is 1.62. The Kier molecular flexibility index (Phi) is 8.04. The molecule has 0 aliphatic carbocycles. The first-order valence-corrected chi connectivity index (χ1v) is 5.27. The molecule has 0 saturated carbocycles. The second-order valence-electron chi connectivity index (χ2n) is 3.52. The molecule has 0 aliphatic heterocycles. The molecule has 0 aliphatic rings. The minimum Gasteiger partial charge on any atom is -0.383 e. The lowest BCUT2D eigenvalue weighted by Gasteiger charge is -2.12. The van der Waals surface area contributed by atoms with Gasteiger partial charge in [0.2, 0.25) is 0 Å². The monoisotopic (exact) mass is 192 g/mol. The number of alkyl halides is 1. The van der Waals surface area contributed by atoms with Crippen LogP contribution in [0, 0.1) is 5.92 Å². The number of halogens is 1. The molecular weight excluding hydrogens is 172 g/mol. The third-order valence-electron chi connectivity index (χ3n) is 2.10. The summed E-state index contributed by atoms with van der Waals surface area (Å²) >= 11 is 6.00. The zero-order valence-electron chi connectivity index (χ0n) is 8.48. The molecule has 0 aromatic rings. The Morgan fingerprint density at radius 2 is 1.92 bits per heavy atom. The Morgan fingerprint density at radius 1 is 1.25 bits per heavy atom. The van der Waals surface area contributed by atoms with Gasteiger partial charge in [-0.25, -0.2) is 0 Å². The molecule has 0 saturated heterocycles. The zero-order chi connectivity index (χ0) is 9.40. The summed E-state index contributed by atoms with van der Waals surface area (Å²) in [5.41, 5.74) is 0. The summed E-state index contributed by atoms with van der Waals surface area (Å²) in [5, 5.41) is 0.203. The summed E-state index contributed by atoms with van der Waals surface area (Å²) < 4.78 is 4.96. The highest BCUT2D eigenvalue weighted by atomic mass is 35.5. The zero-order valence-corrected chi connectivity index (χ0v) is 9.23. The molecule has 1 nitrogen and oxygen atoms in total. The van der Waals surface area contributed by atoms with Gasteiger partial charge in [0.1, 0.15) is 0 Å². The van der Waals surface area contributed by atoms with Crippen molar-refractivity contribution in [3.05, 3.63) is 0 Å². The van der Waals surface area contributed by atoms with Crippen molar-refractivity contribution in [2.45, 2.75) is 44.9 Å². The van der Waals surface area contributed by atoms with Crippen LogP contribution in [-0.4, -0.2) is 19.1 Å². The maximum absolute atomic E-state index is 6.00. The predicted octanol–water partition coefficient (Wildman–Crippen LogP) is 3.46. The van der Waals surface area contributed by atoms with Crippen molar-refractivity contribution in [2.75, 3.05) is 13.7 Å². The van der Waals surface area contributed by atoms with Crippen LogP contribution in [-0.2, 0) is 4.74 Å². The van der Waals surface area contributed by atoms with Gasteiger partial charge >= 0.3 is 0 Å². The average Bonchev–Trinajstić information content (AvgIpc) is 2.02. The van der Waals surface area contributed by atoms with Gasteiger partial charge in [-0.05, 0) is 18.8 Å². The maximum atomic E-state index is 6.00. The van der Waals surface area contributed by atoms with E-state index in [1.54, 1.807) is 7.11 Å². The van der Waals surface area contributed by atoms with Crippen LogP contribution in [0.3, 0.4) is 0 Å². The molecule has 12 heavy (non-hydrogen) atoms. The standard InChI is InChI=1S/C10H21ClO/c1-4-5-9(2)6-7-10(11)8-12-3/h9-10H,4-8H2,1-3H3. The average molecular weight is 193 g/mol. The summed E-state index contributed by atoms with van der Waals surface area (Å²) in [5.74, 6) is 0.813. The topological polar surface area (TPSA) is 9.23 Å². The summed E-state index contributed by atoms with van der Waals surface area (Å²) in [6.07, 6.45) is 4.90. The number of methoxy groups -OCH3 is 1. The molecule has 2 atom stereocenters. The molecule has 0 N–H and O–H groups in total. The van der Waals surface area contributed by atoms with E-state index in [4.69, 9.17) is 16.3 Å². The Balaban J connectivity index is 3.27. The lowest BCUT2D eigenvalue weighted by Crippen LogP contribution is -2.08. The quantitative estimate of drug-likeness (QED) is 0.562. The highest BCUT2D eigenvalue weighted by molar-refractivity contribution is 6.20. The minimum atomic E-state index is 0.203. The van der Waals surface area contributed by atoms with Crippen molar-refractivity contribution in [2.24, 2.45) is 5.92 Å². The van der Waals surface area contributed by atoms with Gasteiger partial charge in [0.05, 0.1) is 12.0 Å². The molecule has 0 aromatic heterocycles. The molecule has 0 heterocycles. The van der Waals surface area contributed by atoms with Gasteiger partial charge in [-0.2, -0.15) is 0 Å². The molecule has 0 spiro atoms. The maximum Gasteiger partial charge on any atom is 0.0626 e. The number of ether oxygens (including phenoxy) is 1. The summed E-state index contributed by atoms with van der Waals surface area (Å²) in [6, 6.07) is 0. The van der Waals surface area contributed by atoms with E-state index in [-0.39, 0.29) is 5.38 Å². The Labute approximate surface area is 81.4 Å².